The van der Waals surface area contributed by atoms with Gasteiger partial charge < -0.3 is 5.32 Å². The SMILES string of the molecule is CC(CNC(CC#N)c1ccccc1)N1CCCC1. The Morgan fingerprint density at radius 1 is 1.26 bits per heavy atom. The van der Waals surface area contributed by atoms with Crippen LogP contribution in [-0.2, 0) is 0 Å². The Hall–Kier alpha value is -1.37. The molecule has 102 valence electrons. The molecule has 0 bridgehead atoms. The van der Waals surface area contributed by atoms with Crippen LogP contribution in [-0.4, -0.2) is 30.6 Å². The standard InChI is InChI=1S/C16H23N3/c1-14(19-11-5-6-12-19)13-18-16(9-10-17)15-7-3-2-4-8-15/h2-4,7-8,14,16,18H,5-6,9,11-13H2,1H3. The van der Waals surface area contributed by atoms with Crippen molar-refractivity contribution in [3.63, 3.8) is 0 Å². The van der Waals surface area contributed by atoms with E-state index in [4.69, 9.17) is 5.26 Å². The summed E-state index contributed by atoms with van der Waals surface area (Å²) in [4.78, 5) is 2.53. The van der Waals surface area contributed by atoms with Crippen LogP contribution in [0.15, 0.2) is 30.3 Å². The van der Waals surface area contributed by atoms with Crippen LogP contribution in [0, 0.1) is 11.3 Å². The van der Waals surface area contributed by atoms with Crippen molar-refractivity contribution >= 4 is 0 Å². The van der Waals surface area contributed by atoms with E-state index in [0.717, 1.165) is 6.54 Å². The van der Waals surface area contributed by atoms with E-state index in [2.05, 4.69) is 35.3 Å². The van der Waals surface area contributed by atoms with E-state index in [-0.39, 0.29) is 6.04 Å². The average Bonchev–Trinajstić information content (AvgIpc) is 2.98. The van der Waals surface area contributed by atoms with Gasteiger partial charge in [0.2, 0.25) is 0 Å². The number of likely N-dealkylation sites (tertiary alicyclic amines) is 1. The number of benzene rings is 1. The lowest BCUT2D eigenvalue weighted by Crippen LogP contribution is -2.39. The van der Waals surface area contributed by atoms with Gasteiger partial charge in [0.05, 0.1) is 12.5 Å². The molecule has 1 aliphatic rings. The molecule has 0 amide bonds. The van der Waals surface area contributed by atoms with Crippen LogP contribution in [0.4, 0.5) is 0 Å². The Morgan fingerprint density at radius 2 is 1.95 bits per heavy atom. The second-order valence-corrected chi connectivity index (χ2v) is 5.33. The van der Waals surface area contributed by atoms with E-state index in [0.29, 0.717) is 12.5 Å². The minimum Gasteiger partial charge on any atom is -0.308 e. The Morgan fingerprint density at radius 3 is 2.58 bits per heavy atom. The van der Waals surface area contributed by atoms with E-state index >= 15 is 0 Å². The van der Waals surface area contributed by atoms with Gasteiger partial charge in [0.25, 0.3) is 0 Å². The van der Waals surface area contributed by atoms with Crippen molar-refractivity contribution in [2.75, 3.05) is 19.6 Å². The molecule has 1 fully saturated rings. The first-order valence-electron chi connectivity index (χ1n) is 7.20. The van der Waals surface area contributed by atoms with Crippen LogP contribution >= 0.6 is 0 Å². The molecule has 0 saturated carbocycles. The van der Waals surface area contributed by atoms with Crippen LogP contribution in [0.3, 0.4) is 0 Å². The second-order valence-electron chi connectivity index (χ2n) is 5.33. The number of nitriles is 1. The van der Waals surface area contributed by atoms with Gasteiger partial charge in [-0.3, -0.25) is 4.90 Å². The Kier molecular flexibility index (Phi) is 5.38. The summed E-state index contributed by atoms with van der Waals surface area (Å²) < 4.78 is 0. The van der Waals surface area contributed by atoms with Crippen molar-refractivity contribution in [1.82, 2.24) is 10.2 Å². The monoisotopic (exact) mass is 257 g/mol. The molecule has 1 N–H and O–H groups in total. The first-order valence-corrected chi connectivity index (χ1v) is 7.20. The zero-order valence-corrected chi connectivity index (χ0v) is 11.7. The topological polar surface area (TPSA) is 39.1 Å². The van der Waals surface area contributed by atoms with E-state index in [1.165, 1.54) is 31.5 Å². The van der Waals surface area contributed by atoms with Crippen LogP contribution < -0.4 is 5.32 Å². The smallest absolute Gasteiger partial charge is 0.0641 e. The minimum absolute atomic E-state index is 0.149. The Bertz CT molecular complexity index is 404. The fourth-order valence-corrected chi connectivity index (χ4v) is 2.71. The van der Waals surface area contributed by atoms with Crippen LogP contribution in [0.5, 0.6) is 0 Å². The molecular weight excluding hydrogens is 234 g/mol. The number of hydrogen-bond donors (Lipinski definition) is 1. The van der Waals surface area contributed by atoms with Crippen molar-refractivity contribution < 1.29 is 0 Å². The first kappa shape index (κ1) is 14.0. The molecule has 2 unspecified atom stereocenters. The third-order valence-electron chi connectivity index (χ3n) is 3.92. The van der Waals surface area contributed by atoms with Gasteiger partial charge in [0.15, 0.2) is 0 Å². The van der Waals surface area contributed by atoms with E-state index in [9.17, 15) is 0 Å². The van der Waals surface area contributed by atoms with Crippen LogP contribution in [0.1, 0.15) is 37.8 Å². The molecule has 1 saturated heterocycles. The molecule has 1 heterocycles. The predicted octanol–water partition coefficient (Wildman–Crippen LogP) is 2.72. The summed E-state index contributed by atoms with van der Waals surface area (Å²) in [5, 5.41) is 12.5. The molecule has 1 aliphatic heterocycles. The third kappa shape index (κ3) is 4.05. The highest BCUT2D eigenvalue weighted by atomic mass is 15.2. The number of hydrogen-bond acceptors (Lipinski definition) is 3. The van der Waals surface area contributed by atoms with Crippen molar-refractivity contribution in [3.05, 3.63) is 35.9 Å². The second kappa shape index (κ2) is 7.28. The average molecular weight is 257 g/mol. The molecule has 1 aromatic rings. The maximum Gasteiger partial charge on any atom is 0.0641 e. The van der Waals surface area contributed by atoms with E-state index in [1.807, 2.05) is 18.2 Å². The summed E-state index contributed by atoms with van der Waals surface area (Å²) in [6.07, 6.45) is 3.17. The normalized spacial score (nSPS) is 18.9. The lowest BCUT2D eigenvalue weighted by atomic mass is 10.0. The summed E-state index contributed by atoms with van der Waals surface area (Å²) >= 11 is 0. The molecule has 0 aliphatic carbocycles. The van der Waals surface area contributed by atoms with Crippen molar-refractivity contribution in [2.24, 2.45) is 0 Å². The molecule has 2 rings (SSSR count). The summed E-state index contributed by atoms with van der Waals surface area (Å²) in [6.45, 7) is 5.65. The maximum absolute atomic E-state index is 8.97. The van der Waals surface area contributed by atoms with Crippen molar-refractivity contribution in [3.8, 4) is 6.07 Å². The highest BCUT2D eigenvalue weighted by Crippen LogP contribution is 2.17. The summed E-state index contributed by atoms with van der Waals surface area (Å²) in [7, 11) is 0. The minimum atomic E-state index is 0.149. The fourth-order valence-electron chi connectivity index (χ4n) is 2.71. The van der Waals surface area contributed by atoms with Gasteiger partial charge in [-0.25, -0.2) is 0 Å². The van der Waals surface area contributed by atoms with Gasteiger partial charge in [0, 0.05) is 18.6 Å². The summed E-state index contributed by atoms with van der Waals surface area (Å²) in [5.74, 6) is 0. The molecule has 0 aromatic heterocycles. The molecule has 19 heavy (non-hydrogen) atoms. The molecule has 1 aromatic carbocycles. The number of nitrogens with one attached hydrogen (secondary N) is 1. The maximum atomic E-state index is 8.97. The van der Waals surface area contributed by atoms with Gasteiger partial charge in [-0.2, -0.15) is 5.26 Å². The van der Waals surface area contributed by atoms with Gasteiger partial charge >= 0.3 is 0 Å². The molecule has 2 atom stereocenters. The Labute approximate surface area is 116 Å². The highest BCUT2D eigenvalue weighted by Gasteiger charge is 2.19. The van der Waals surface area contributed by atoms with Gasteiger partial charge in [0.1, 0.15) is 0 Å². The molecular formula is C16H23N3. The van der Waals surface area contributed by atoms with Crippen LogP contribution in [0.25, 0.3) is 0 Å². The van der Waals surface area contributed by atoms with E-state index in [1.54, 1.807) is 0 Å². The molecule has 0 radical (unpaired) electrons. The van der Waals surface area contributed by atoms with Crippen LogP contribution in [0.2, 0.25) is 0 Å². The fraction of sp³-hybridized carbons (Fsp3) is 0.562. The Balaban J connectivity index is 1.88. The van der Waals surface area contributed by atoms with Gasteiger partial charge in [-0.1, -0.05) is 30.3 Å². The number of rotatable bonds is 6. The quantitative estimate of drug-likeness (QED) is 0.851. The number of nitrogens with zero attached hydrogens (tertiary/aromatic N) is 2. The molecule has 0 spiro atoms. The van der Waals surface area contributed by atoms with Gasteiger partial charge in [-0.05, 0) is 38.4 Å². The van der Waals surface area contributed by atoms with E-state index < -0.39 is 0 Å². The molecule has 3 nitrogen and oxygen atoms in total. The lowest BCUT2D eigenvalue weighted by Gasteiger charge is -2.26. The summed E-state index contributed by atoms with van der Waals surface area (Å²) in [6, 6.07) is 13.2. The highest BCUT2D eigenvalue weighted by molar-refractivity contribution is 5.19. The molecule has 3 heteroatoms. The predicted molar refractivity (Wildman–Crippen MR) is 77.7 cm³/mol. The zero-order chi connectivity index (χ0) is 13.5. The summed E-state index contributed by atoms with van der Waals surface area (Å²) in [5.41, 5.74) is 1.21. The van der Waals surface area contributed by atoms with Crippen molar-refractivity contribution in [1.29, 1.82) is 5.26 Å². The van der Waals surface area contributed by atoms with Crippen molar-refractivity contribution in [2.45, 2.75) is 38.3 Å². The lowest BCUT2D eigenvalue weighted by molar-refractivity contribution is 0.246. The zero-order valence-electron chi connectivity index (χ0n) is 11.7. The largest absolute Gasteiger partial charge is 0.308 e. The third-order valence-corrected chi connectivity index (χ3v) is 3.92. The van der Waals surface area contributed by atoms with Gasteiger partial charge in [-0.15, -0.1) is 0 Å². The first-order chi connectivity index (χ1) is 9.31.